The van der Waals surface area contributed by atoms with Crippen LogP contribution in [-0.4, -0.2) is 69.7 Å². The molecular formula is C13H28N4. The van der Waals surface area contributed by atoms with Crippen LogP contribution in [-0.2, 0) is 0 Å². The molecule has 0 rings (SSSR count). The molecule has 100 valence electrons. The molecule has 0 bridgehead atoms. The molecule has 1 unspecified atom stereocenters. The summed E-state index contributed by atoms with van der Waals surface area (Å²) in [5.74, 6) is 0. The summed E-state index contributed by atoms with van der Waals surface area (Å²) in [6.07, 6.45) is 3.40. The first-order chi connectivity index (χ1) is 8.06. The Labute approximate surface area is 106 Å². The molecule has 17 heavy (non-hydrogen) atoms. The molecule has 0 saturated carbocycles. The van der Waals surface area contributed by atoms with E-state index in [0.717, 1.165) is 32.5 Å². The highest BCUT2D eigenvalue weighted by atomic mass is 15.1. The van der Waals surface area contributed by atoms with Crippen LogP contribution in [0.5, 0.6) is 0 Å². The van der Waals surface area contributed by atoms with Crippen LogP contribution in [0.15, 0.2) is 9.98 Å². The largest absolute Gasteiger partial charge is 0.309 e. The van der Waals surface area contributed by atoms with Gasteiger partial charge in [0.05, 0.1) is 12.1 Å². The predicted molar refractivity (Wildman–Crippen MR) is 75.2 cm³/mol. The molecule has 1 atom stereocenters. The SMILES string of the molecule is CCN=C=NC(CCCN(C)C)CCN(C)C. The molecule has 0 fully saturated rings. The topological polar surface area (TPSA) is 31.2 Å². The van der Waals surface area contributed by atoms with Crippen molar-refractivity contribution in [1.82, 2.24) is 9.80 Å². The van der Waals surface area contributed by atoms with Crippen molar-refractivity contribution in [2.45, 2.75) is 32.2 Å². The molecule has 0 saturated heterocycles. The molecule has 0 heterocycles. The Kier molecular flexibility index (Phi) is 10.0. The first kappa shape index (κ1) is 16.3. The van der Waals surface area contributed by atoms with Gasteiger partial charge in [-0.15, -0.1) is 0 Å². The van der Waals surface area contributed by atoms with Gasteiger partial charge in [-0.2, -0.15) is 0 Å². The minimum atomic E-state index is 0.368. The third-order valence-electron chi connectivity index (χ3n) is 2.52. The monoisotopic (exact) mass is 240 g/mol. The van der Waals surface area contributed by atoms with E-state index < -0.39 is 0 Å². The fourth-order valence-electron chi connectivity index (χ4n) is 1.52. The summed E-state index contributed by atoms with van der Waals surface area (Å²) in [7, 11) is 8.41. The smallest absolute Gasteiger partial charge is 0.0895 e. The van der Waals surface area contributed by atoms with Crippen LogP contribution in [0.25, 0.3) is 0 Å². The standard InChI is InChI=1S/C13H28N4/c1-6-14-12-15-13(9-11-17(4)5)8-7-10-16(2)3/h13H,6-11H2,1-5H3. The summed E-state index contributed by atoms with van der Waals surface area (Å²) < 4.78 is 0. The highest BCUT2D eigenvalue weighted by molar-refractivity contribution is 5.41. The molecule has 0 amide bonds. The molecule has 0 aliphatic carbocycles. The van der Waals surface area contributed by atoms with Crippen LogP contribution in [0.1, 0.15) is 26.2 Å². The van der Waals surface area contributed by atoms with Crippen LogP contribution in [0.2, 0.25) is 0 Å². The van der Waals surface area contributed by atoms with E-state index in [1.165, 1.54) is 6.42 Å². The molecule has 0 aromatic heterocycles. The van der Waals surface area contributed by atoms with E-state index in [9.17, 15) is 0 Å². The number of aliphatic imine (C=N–C) groups is 2. The number of nitrogens with zero attached hydrogens (tertiary/aromatic N) is 4. The molecule has 0 aliphatic heterocycles. The van der Waals surface area contributed by atoms with Gasteiger partial charge in [0.15, 0.2) is 0 Å². The van der Waals surface area contributed by atoms with Crippen molar-refractivity contribution in [3.63, 3.8) is 0 Å². The molecular weight excluding hydrogens is 212 g/mol. The normalized spacial score (nSPS) is 12.6. The second-order valence-corrected chi connectivity index (χ2v) is 4.89. The van der Waals surface area contributed by atoms with E-state index in [0.29, 0.717) is 6.04 Å². The number of hydrogen-bond donors (Lipinski definition) is 0. The van der Waals surface area contributed by atoms with Gasteiger partial charge in [0.2, 0.25) is 0 Å². The summed E-state index contributed by atoms with van der Waals surface area (Å²) in [6, 6.07) is 3.18. The van der Waals surface area contributed by atoms with Gasteiger partial charge in [-0.05, 0) is 67.5 Å². The van der Waals surface area contributed by atoms with Crippen molar-refractivity contribution in [3.8, 4) is 0 Å². The second kappa shape index (κ2) is 10.5. The molecule has 4 nitrogen and oxygen atoms in total. The molecule has 0 aliphatic rings. The van der Waals surface area contributed by atoms with E-state index in [1.807, 2.05) is 6.92 Å². The number of rotatable bonds is 9. The van der Waals surface area contributed by atoms with Crippen molar-refractivity contribution in [2.75, 3.05) is 47.8 Å². The van der Waals surface area contributed by atoms with E-state index in [1.54, 1.807) is 0 Å². The van der Waals surface area contributed by atoms with E-state index in [-0.39, 0.29) is 0 Å². The van der Waals surface area contributed by atoms with Crippen LogP contribution >= 0.6 is 0 Å². The first-order valence-electron chi connectivity index (χ1n) is 6.47. The maximum Gasteiger partial charge on any atom is 0.0895 e. The van der Waals surface area contributed by atoms with Crippen molar-refractivity contribution < 1.29 is 0 Å². The molecule has 0 aromatic carbocycles. The summed E-state index contributed by atoms with van der Waals surface area (Å²) in [5.41, 5.74) is 0. The lowest BCUT2D eigenvalue weighted by Gasteiger charge is -2.16. The summed E-state index contributed by atoms with van der Waals surface area (Å²) in [6.45, 7) is 4.97. The maximum atomic E-state index is 4.42. The van der Waals surface area contributed by atoms with Crippen molar-refractivity contribution in [2.24, 2.45) is 9.98 Å². The maximum absolute atomic E-state index is 4.42. The zero-order valence-corrected chi connectivity index (χ0v) is 12.1. The lowest BCUT2D eigenvalue weighted by molar-refractivity contribution is 0.354. The van der Waals surface area contributed by atoms with E-state index in [2.05, 4.69) is 54.0 Å². The third kappa shape index (κ3) is 11.6. The zero-order chi connectivity index (χ0) is 13.1. The van der Waals surface area contributed by atoms with Gasteiger partial charge in [0.25, 0.3) is 0 Å². The van der Waals surface area contributed by atoms with Crippen LogP contribution in [0, 0.1) is 0 Å². The van der Waals surface area contributed by atoms with Gasteiger partial charge in [-0.25, -0.2) is 9.98 Å². The summed E-state index contributed by atoms with van der Waals surface area (Å²) in [4.78, 5) is 12.9. The Morgan fingerprint density at radius 2 is 1.65 bits per heavy atom. The Morgan fingerprint density at radius 3 is 2.18 bits per heavy atom. The first-order valence-corrected chi connectivity index (χ1v) is 6.47. The van der Waals surface area contributed by atoms with E-state index in [4.69, 9.17) is 0 Å². The van der Waals surface area contributed by atoms with Gasteiger partial charge >= 0.3 is 0 Å². The lowest BCUT2D eigenvalue weighted by Crippen LogP contribution is -2.20. The van der Waals surface area contributed by atoms with Crippen molar-refractivity contribution >= 4 is 6.01 Å². The number of hydrogen-bond acceptors (Lipinski definition) is 4. The van der Waals surface area contributed by atoms with Crippen LogP contribution in [0.4, 0.5) is 0 Å². The Hall–Kier alpha value is -0.700. The van der Waals surface area contributed by atoms with Gasteiger partial charge in [-0.1, -0.05) is 0 Å². The molecule has 0 spiro atoms. The summed E-state index contributed by atoms with van der Waals surface area (Å²) in [5, 5.41) is 0. The Morgan fingerprint density at radius 1 is 1.00 bits per heavy atom. The van der Waals surface area contributed by atoms with Gasteiger partial charge in [-0.3, -0.25) is 0 Å². The van der Waals surface area contributed by atoms with Crippen LogP contribution in [0.3, 0.4) is 0 Å². The average Bonchev–Trinajstić information content (AvgIpc) is 2.24. The highest BCUT2D eigenvalue weighted by Gasteiger charge is 2.07. The molecule has 0 N–H and O–H groups in total. The Balaban J connectivity index is 4.06. The van der Waals surface area contributed by atoms with E-state index >= 15 is 0 Å². The second-order valence-electron chi connectivity index (χ2n) is 4.89. The van der Waals surface area contributed by atoms with Crippen molar-refractivity contribution in [3.05, 3.63) is 0 Å². The lowest BCUT2D eigenvalue weighted by atomic mass is 10.1. The van der Waals surface area contributed by atoms with Crippen LogP contribution < -0.4 is 0 Å². The van der Waals surface area contributed by atoms with Crippen molar-refractivity contribution in [1.29, 1.82) is 0 Å². The van der Waals surface area contributed by atoms with Gasteiger partial charge in [0, 0.05) is 6.54 Å². The molecule has 4 heteroatoms. The van der Waals surface area contributed by atoms with Gasteiger partial charge < -0.3 is 9.80 Å². The predicted octanol–water partition coefficient (Wildman–Crippen LogP) is 1.84. The molecule has 0 aromatic rings. The quantitative estimate of drug-likeness (QED) is 0.576. The third-order valence-corrected chi connectivity index (χ3v) is 2.52. The Bertz CT molecular complexity index is 230. The highest BCUT2D eigenvalue weighted by Crippen LogP contribution is 2.07. The minimum absolute atomic E-state index is 0.368. The molecule has 0 radical (unpaired) electrons. The minimum Gasteiger partial charge on any atom is -0.309 e. The average molecular weight is 240 g/mol. The fraction of sp³-hybridized carbons (Fsp3) is 0.923. The summed E-state index contributed by atoms with van der Waals surface area (Å²) >= 11 is 0. The van der Waals surface area contributed by atoms with Gasteiger partial charge in [0.1, 0.15) is 0 Å². The zero-order valence-electron chi connectivity index (χ0n) is 12.1. The fourth-order valence-corrected chi connectivity index (χ4v) is 1.52.